The number of fused-ring (bicyclic) bond motifs is 1. The van der Waals surface area contributed by atoms with Crippen LogP contribution in [0.1, 0.15) is 47.5 Å². The SMILES string of the molecule is CC(=O)N1C=Cc2ccccc2C1CC(=O)NCc1c(C)nn(-c2ccccc2)c1C. The number of nitrogens with zero attached hydrogens (tertiary/aromatic N) is 3. The van der Waals surface area contributed by atoms with Gasteiger partial charge < -0.3 is 10.2 Å². The van der Waals surface area contributed by atoms with Gasteiger partial charge in [-0.3, -0.25) is 9.59 Å². The highest BCUT2D eigenvalue weighted by atomic mass is 16.2. The molecule has 1 aliphatic heterocycles. The molecule has 3 aromatic rings. The Labute approximate surface area is 182 Å². The molecule has 0 fully saturated rings. The molecule has 158 valence electrons. The number of para-hydroxylation sites is 1. The van der Waals surface area contributed by atoms with E-state index in [2.05, 4.69) is 10.4 Å². The Morgan fingerprint density at radius 2 is 1.74 bits per heavy atom. The van der Waals surface area contributed by atoms with E-state index in [4.69, 9.17) is 0 Å². The average molecular weight is 415 g/mol. The Bertz CT molecular complexity index is 1150. The minimum Gasteiger partial charge on any atom is -0.352 e. The third-order valence-corrected chi connectivity index (χ3v) is 5.75. The van der Waals surface area contributed by atoms with Crippen molar-refractivity contribution in [3.8, 4) is 5.69 Å². The van der Waals surface area contributed by atoms with Gasteiger partial charge in [0.1, 0.15) is 0 Å². The summed E-state index contributed by atoms with van der Waals surface area (Å²) >= 11 is 0. The van der Waals surface area contributed by atoms with Crippen molar-refractivity contribution in [1.82, 2.24) is 20.0 Å². The largest absolute Gasteiger partial charge is 0.352 e. The van der Waals surface area contributed by atoms with Crippen LogP contribution in [0.4, 0.5) is 0 Å². The summed E-state index contributed by atoms with van der Waals surface area (Å²) in [6.07, 6.45) is 3.88. The number of hydrogen-bond acceptors (Lipinski definition) is 3. The molecular weight excluding hydrogens is 388 g/mol. The molecule has 0 saturated carbocycles. The molecule has 2 heterocycles. The van der Waals surface area contributed by atoms with Crippen molar-refractivity contribution in [2.75, 3.05) is 0 Å². The fourth-order valence-electron chi connectivity index (χ4n) is 4.10. The summed E-state index contributed by atoms with van der Waals surface area (Å²) < 4.78 is 1.90. The lowest BCUT2D eigenvalue weighted by Gasteiger charge is -2.32. The molecule has 0 bridgehead atoms. The minimum atomic E-state index is -0.312. The van der Waals surface area contributed by atoms with Gasteiger partial charge >= 0.3 is 0 Å². The van der Waals surface area contributed by atoms with Crippen LogP contribution >= 0.6 is 0 Å². The summed E-state index contributed by atoms with van der Waals surface area (Å²) in [7, 11) is 0. The summed E-state index contributed by atoms with van der Waals surface area (Å²) in [5.41, 5.74) is 5.90. The zero-order chi connectivity index (χ0) is 22.0. The summed E-state index contributed by atoms with van der Waals surface area (Å²) in [5, 5.41) is 7.67. The predicted molar refractivity (Wildman–Crippen MR) is 120 cm³/mol. The van der Waals surface area contributed by atoms with Crippen molar-refractivity contribution in [3.63, 3.8) is 0 Å². The fraction of sp³-hybridized carbons (Fsp3) is 0.240. The molecule has 0 spiro atoms. The van der Waals surface area contributed by atoms with Crippen molar-refractivity contribution in [2.24, 2.45) is 0 Å². The van der Waals surface area contributed by atoms with E-state index in [1.54, 1.807) is 11.1 Å². The van der Waals surface area contributed by atoms with E-state index in [1.807, 2.05) is 79.2 Å². The summed E-state index contributed by atoms with van der Waals surface area (Å²) in [6.45, 7) is 5.88. The number of carbonyl (C=O) groups excluding carboxylic acids is 2. The lowest BCUT2D eigenvalue weighted by atomic mass is 9.93. The van der Waals surface area contributed by atoms with Gasteiger partial charge in [-0.1, -0.05) is 42.5 Å². The Hall–Kier alpha value is -3.67. The van der Waals surface area contributed by atoms with Gasteiger partial charge in [-0.2, -0.15) is 5.10 Å². The monoisotopic (exact) mass is 414 g/mol. The smallest absolute Gasteiger partial charge is 0.223 e. The van der Waals surface area contributed by atoms with E-state index < -0.39 is 0 Å². The topological polar surface area (TPSA) is 67.2 Å². The Morgan fingerprint density at radius 1 is 1.03 bits per heavy atom. The van der Waals surface area contributed by atoms with Gasteiger partial charge in [0.25, 0.3) is 0 Å². The quantitative estimate of drug-likeness (QED) is 0.684. The number of aromatic nitrogens is 2. The molecule has 1 aliphatic rings. The number of carbonyl (C=O) groups is 2. The van der Waals surface area contributed by atoms with E-state index in [9.17, 15) is 9.59 Å². The van der Waals surface area contributed by atoms with Crippen molar-refractivity contribution in [1.29, 1.82) is 0 Å². The van der Waals surface area contributed by atoms with E-state index >= 15 is 0 Å². The molecule has 0 saturated heterocycles. The van der Waals surface area contributed by atoms with Gasteiger partial charge in [0, 0.05) is 30.9 Å². The summed E-state index contributed by atoms with van der Waals surface area (Å²) in [6, 6.07) is 17.5. The average Bonchev–Trinajstić information content (AvgIpc) is 3.06. The zero-order valence-electron chi connectivity index (χ0n) is 18.0. The van der Waals surface area contributed by atoms with E-state index in [0.29, 0.717) is 6.54 Å². The Morgan fingerprint density at radius 3 is 2.48 bits per heavy atom. The fourth-order valence-corrected chi connectivity index (χ4v) is 4.10. The molecular formula is C25H26N4O2. The first-order valence-electron chi connectivity index (χ1n) is 10.4. The van der Waals surface area contributed by atoms with Gasteiger partial charge in [-0.15, -0.1) is 0 Å². The highest BCUT2D eigenvalue weighted by Crippen LogP contribution is 2.32. The van der Waals surface area contributed by atoms with Gasteiger partial charge in [0.15, 0.2) is 0 Å². The molecule has 2 amide bonds. The first-order valence-corrected chi connectivity index (χ1v) is 10.4. The first-order chi connectivity index (χ1) is 15.0. The maximum atomic E-state index is 12.9. The van der Waals surface area contributed by atoms with Gasteiger partial charge in [-0.05, 0) is 43.2 Å². The van der Waals surface area contributed by atoms with Crippen LogP contribution in [0, 0.1) is 13.8 Å². The molecule has 0 aliphatic carbocycles. The maximum absolute atomic E-state index is 12.9. The molecule has 1 aromatic heterocycles. The van der Waals surface area contributed by atoms with Crippen LogP contribution in [0.5, 0.6) is 0 Å². The molecule has 6 nitrogen and oxygen atoms in total. The second kappa shape index (κ2) is 8.60. The van der Waals surface area contributed by atoms with E-state index in [1.165, 1.54) is 6.92 Å². The molecule has 31 heavy (non-hydrogen) atoms. The van der Waals surface area contributed by atoms with Gasteiger partial charge in [0.05, 0.1) is 23.8 Å². The second-order valence-corrected chi connectivity index (χ2v) is 7.76. The van der Waals surface area contributed by atoms with Crippen LogP contribution in [0.3, 0.4) is 0 Å². The molecule has 0 radical (unpaired) electrons. The van der Waals surface area contributed by atoms with Gasteiger partial charge in [0.2, 0.25) is 11.8 Å². The third-order valence-electron chi connectivity index (χ3n) is 5.75. The van der Waals surface area contributed by atoms with Crippen LogP contribution in [-0.2, 0) is 16.1 Å². The van der Waals surface area contributed by atoms with E-state index in [-0.39, 0.29) is 24.3 Å². The normalized spacial score (nSPS) is 14.9. The lowest BCUT2D eigenvalue weighted by Crippen LogP contribution is -2.35. The van der Waals surface area contributed by atoms with E-state index in [0.717, 1.165) is 33.8 Å². The number of rotatable bonds is 5. The second-order valence-electron chi connectivity index (χ2n) is 7.76. The standard InChI is InChI=1S/C25H26N4O2/c1-17-23(18(2)29(27-17)21-10-5-4-6-11-21)16-26-25(31)15-24-22-12-8-7-9-20(22)13-14-28(24)19(3)30/h4-14,24H,15-16H2,1-3H3,(H,26,31). The van der Waals surface area contributed by atoms with Crippen molar-refractivity contribution in [2.45, 2.75) is 39.8 Å². The van der Waals surface area contributed by atoms with Crippen LogP contribution in [-0.4, -0.2) is 26.5 Å². The number of benzene rings is 2. The zero-order valence-corrected chi connectivity index (χ0v) is 18.0. The molecule has 1 atom stereocenters. The molecule has 2 aromatic carbocycles. The van der Waals surface area contributed by atoms with Crippen LogP contribution in [0.25, 0.3) is 11.8 Å². The molecule has 4 rings (SSSR count). The number of hydrogen-bond donors (Lipinski definition) is 1. The highest BCUT2D eigenvalue weighted by molar-refractivity contribution is 5.81. The number of amides is 2. The number of nitrogens with one attached hydrogen (secondary N) is 1. The van der Waals surface area contributed by atoms with Crippen LogP contribution in [0.2, 0.25) is 0 Å². The van der Waals surface area contributed by atoms with Gasteiger partial charge in [-0.25, -0.2) is 4.68 Å². The van der Waals surface area contributed by atoms with Crippen molar-refractivity contribution >= 4 is 17.9 Å². The first kappa shape index (κ1) is 20.6. The third kappa shape index (κ3) is 4.14. The van der Waals surface area contributed by atoms with Crippen LogP contribution in [0.15, 0.2) is 60.8 Å². The minimum absolute atomic E-state index is 0.0839. The number of aryl methyl sites for hydroxylation is 1. The molecule has 6 heteroatoms. The van der Waals surface area contributed by atoms with Crippen LogP contribution < -0.4 is 5.32 Å². The van der Waals surface area contributed by atoms with Crippen molar-refractivity contribution < 1.29 is 9.59 Å². The summed E-state index contributed by atoms with van der Waals surface area (Å²) in [5.74, 6) is -0.188. The molecule has 1 N–H and O–H groups in total. The lowest BCUT2D eigenvalue weighted by molar-refractivity contribution is -0.130. The Balaban J connectivity index is 1.49. The van der Waals surface area contributed by atoms with Crippen molar-refractivity contribution in [3.05, 3.63) is 88.9 Å². The summed E-state index contributed by atoms with van der Waals surface area (Å²) in [4.78, 5) is 26.6. The predicted octanol–water partition coefficient (Wildman–Crippen LogP) is 4.07. The highest BCUT2D eigenvalue weighted by Gasteiger charge is 2.28. The maximum Gasteiger partial charge on any atom is 0.223 e. The molecule has 1 unspecified atom stereocenters. The Kier molecular flexibility index (Phi) is 5.71.